The molecule has 2 aromatic rings. The molecule has 0 saturated heterocycles. The second-order valence-corrected chi connectivity index (χ2v) is 3.24. The van der Waals surface area contributed by atoms with Crippen LogP contribution in [0, 0.1) is 6.92 Å². The van der Waals surface area contributed by atoms with Gasteiger partial charge in [0.1, 0.15) is 5.52 Å². The molecule has 1 N–H and O–H groups in total. The van der Waals surface area contributed by atoms with Crippen LogP contribution < -0.4 is 40.2 Å². The van der Waals surface area contributed by atoms with Crippen molar-refractivity contribution in [3.63, 3.8) is 0 Å². The third kappa shape index (κ3) is 2.18. The molecule has 6 nitrogen and oxygen atoms in total. The molecule has 2 rings (SSSR count). The number of nitrogens with zero attached hydrogens (tertiary/aromatic N) is 2. The van der Waals surface area contributed by atoms with E-state index in [-0.39, 0.29) is 29.6 Å². The van der Waals surface area contributed by atoms with Gasteiger partial charge in [0.05, 0.1) is 24.4 Å². The Labute approximate surface area is 113 Å². The van der Waals surface area contributed by atoms with Gasteiger partial charge in [-0.05, 0) is 12.5 Å². The molecule has 0 aromatic carbocycles. The maximum Gasteiger partial charge on any atom is 1.00 e. The average molecular weight is 229 g/mol. The van der Waals surface area contributed by atoms with E-state index in [1.54, 1.807) is 6.20 Å². The number of carboxylic acid groups (broad SMARTS) is 1. The summed E-state index contributed by atoms with van der Waals surface area (Å²) in [6, 6.07) is 0. The van der Waals surface area contributed by atoms with Crippen molar-refractivity contribution in [3.05, 3.63) is 28.4 Å². The van der Waals surface area contributed by atoms with Crippen molar-refractivity contribution in [1.29, 1.82) is 0 Å². The summed E-state index contributed by atoms with van der Waals surface area (Å²) >= 11 is 0. The van der Waals surface area contributed by atoms with E-state index in [0.29, 0.717) is 11.0 Å². The number of hydrogen-bond donors (Lipinski definition) is 1. The van der Waals surface area contributed by atoms with Gasteiger partial charge in [-0.1, -0.05) is 0 Å². The molecule has 0 spiro atoms. The molecule has 7 heteroatoms. The zero-order valence-corrected chi connectivity index (χ0v) is 11.0. The second-order valence-electron chi connectivity index (χ2n) is 3.24. The van der Waals surface area contributed by atoms with Crippen molar-refractivity contribution >= 4 is 17.0 Å². The predicted octanol–water partition coefficient (Wildman–Crippen LogP) is -4.21. The van der Waals surface area contributed by atoms with E-state index in [1.807, 2.05) is 6.92 Å². The fourth-order valence-electron chi connectivity index (χ4n) is 1.42. The van der Waals surface area contributed by atoms with Crippen LogP contribution in [0.15, 0.2) is 17.3 Å². The van der Waals surface area contributed by atoms with Gasteiger partial charge < -0.3 is 14.9 Å². The van der Waals surface area contributed by atoms with E-state index in [0.717, 1.165) is 10.1 Å². The summed E-state index contributed by atoms with van der Waals surface area (Å²) in [5, 5.41) is 10.4. The molecule has 0 aliphatic carbocycles. The van der Waals surface area contributed by atoms with E-state index >= 15 is 0 Å². The van der Waals surface area contributed by atoms with Crippen LogP contribution in [0.2, 0.25) is 0 Å². The molecule has 0 atom stereocenters. The van der Waals surface area contributed by atoms with Gasteiger partial charge in [-0.3, -0.25) is 9.36 Å². The molecule has 0 bridgehead atoms. The third-order valence-corrected chi connectivity index (χ3v) is 2.14. The zero-order valence-electron chi connectivity index (χ0n) is 8.98. The first-order valence-corrected chi connectivity index (χ1v) is 4.32. The quantitative estimate of drug-likeness (QED) is 0.528. The number of aromatic nitrogens is 3. The number of fused-ring (bicyclic) bond motifs is 1. The van der Waals surface area contributed by atoms with Gasteiger partial charge in [-0.25, -0.2) is 4.98 Å². The van der Waals surface area contributed by atoms with Crippen molar-refractivity contribution in [1.82, 2.24) is 14.5 Å². The Kier molecular flexibility index (Phi) is 3.90. The minimum absolute atomic E-state index is 0. The van der Waals surface area contributed by atoms with Crippen LogP contribution in [0.4, 0.5) is 0 Å². The number of carbonyl (C=O) groups excluding carboxylic acids is 1. The van der Waals surface area contributed by atoms with Crippen LogP contribution in [0.25, 0.3) is 11.0 Å². The van der Waals surface area contributed by atoms with E-state index in [4.69, 9.17) is 0 Å². The summed E-state index contributed by atoms with van der Waals surface area (Å²) < 4.78 is 0.994. The van der Waals surface area contributed by atoms with Gasteiger partial charge in [-0.15, -0.1) is 0 Å². The molecule has 0 amide bonds. The minimum atomic E-state index is -1.32. The van der Waals surface area contributed by atoms with Gasteiger partial charge in [0.2, 0.25) is 0 Å². The number of hydrogen-bond acceptors (Lipinski definition) is 4. The van der Waals surface area contributed by atoms with Gasteiger partial charge in [0.25, 0.3) is 5.56 Å². The molecule has 0 aliphatic rings. The summed E-state index contributed by atoms with van der Waals surface area (Å²) in [5.74, 6) is -1.32. The Bertz CT molecular complexity index is 587. The number of aryl methyl sites for hydroxylation is 1. The minimum Gasteiger partial charge on any atom is -0.548 e. The Morgan fingerprint density at radius 1 is 1.62 bits per heavy atom. The van der Waals surface area contributed by atoms with E-state index in [1.165, 1.54) is 6.33 Å². The largest absolute Gasteiger partial charge is 1.00 e. The molecule has 2 heterocycles. The Balaban J connectivity index is 0.00000128. The number of carbonyl (C=O) groups is 1. The Hall–Kier alpha value is -1.11. The van der Waals surface area contributed by atoms with Gasteiger partial charge >= 0.3 is 29.6 Å². The van der Waals surface area contributed by atoms with Crippen LogP contribution in [0.1, 0.15) is 5.56 Å². The van der Waals surface area contributed by atoms with Gasteiger partial charge in [-0.2, -0.15) is 0 Å². The predicted molar refractivity (Wildman–Crippen MR) is 50.1 cm³/mol. The van der Waals surface area contributed by atoms with Crippen LogP contribution in [0.5, 0.6) is 0 Å². The van der Waals surface area contributed by atoms with Crippen LogP contribution in [-0.2, 0) is 11.3 Å². The molecule has 16 heavy (non-hydrogen) atoms. The topological polar surface area (TPSA) is 90.8 Å². The van der Waals surface area contributed by atoms with Crippen molar-refractivity contribution in [2.75, 3.05) is 0 Å². The molecular weight excluding hydrogens is 221 g/mol. The molecule has 0 aliphatic heterocycles. The number of aliphatic carboxylic acids is 1. The molecule has 2 aromatic heterocycles. The van der Waals surface area contributed by atoms with Crippen LogP contribution in [-0.4, -0.2) is 20.5 Å². The average Bonchev–Trinajstić information content (AvgIpc) is 2.53. The first-order chi connectivity index (χ1) is 7.09. The first-order valence-electron chi connectivity index (χ1n) is 4.32. The summed E-state index contributed by atoms with van der Waals surface area (Å²) in [5.41, 5.74) is 1.32. The number of aromatic amines is 1. The maximum absolute atomic E-state index is 11.7. The summed E-state index contributed by atoms with van der Waals surface area (Å²) in [7, 11) is 0. The van der Waals surface area contributed by atoms with E-state index in [9.17, 15) is 14.7 Å². The molecule has 0 radical (unpaired) electrons. The number of carboxylic acids is 1. The van der Waals surface area contributed by atoms with E-state index < -0.39 is 18.1 Å². The number of H-pyrrole nitrogens is 1. The number of rotatable bonds is 2. The molecular formula is C9H8N3NaO3. The SMILES string of the molecule is Cc1c[nH]c2c(=O)n(CC(=O)[O-])cnc12.[Na+]. The van der Waals surface area contributed by atoms with Gasteiger partial charge in [0, 0.05) is 6.20 Å². The zero-order chi connectivity index (χ0) is 11.0. The van der Waals surface area contributed by atoms with Crippen molar-refractivity contribution in [3.8, 4) is 0 Å². The maximum atomic E-state index is 11.7. The smallest absolute Gasteiger partial charge is 0.548 e. The third-order valence-electron chi connectivity index (χ3n) is 2.14. The van der Waals surface area contributed by atoms with Crippen LogP contribution in [0.3, 0.4) is 0 Å². The molecule has 0 fully saturated rings. The fraction of sp³-hybridized carbons (Fsp3) is 0.222. The Morgan fingerprint density at radius 2 is 2.31 bits per heavy atom. The standard InChI is InChI=1S/C9H9N3O3.Na/c1-5-2-10-8-7(5)11-4-12(9(8)15)3-6(13)14;/h2,4,10H,3H2,1H3,(H,13,14);/q;+1/p-1. The fourth-order valence-corrected chi connectivity index (χ4v) is 1.42. The molecule has 0 unspecified atom stereocenters. The first kappa shape index (κ1) is 13.0. The monoisotopic (exact) mass is 229 g/mol. The number of nitrogens with one attached hydrogen (secondary N) is 1. The van der Waals surface area contributed by atoms with Gasteiger partial charge in [0.15, 0.2) is 0 Å². The summed E-state index contributed by atoms with van der Waals surface area (Å²) in [4.78, 5) is 28.8. The van der Waals surface area contributed by atoms with Crippen molar-refractivity contribution in [2.24, 2.45) is 0 Å². The summed E-state index contributed by atoms with van der Waals surface area (Å²) in [6.07, 6.45) is 2.86. The Morgan fingerprint density at radius 3 is 2.94 bits per heavy atom. The summed E-state index contributed by atoms with van der Waals surface area (Å²) in [6.45, 7) is 1.33. The van der Waals surface area contributed by atoms with Crippen molar-refractivity contribution in [2.45, 2.75) is 13.5 Å². The van der Waals surface area contributed by atoms with Crippen molar-refractivity contribution < 1.29 is 39.5 Å². The normalized spacial score (nSPS) is 10.1. The second kappa shape index (κ2) is 4.82. The molecule has 0 saturated carbocycles. The van der Waals surface area contributed by atoms with Crippen LogP contribution >= 0.6 is 0 Å². The van der Waals surface area contributed by atoms with E-state index in [2.05, 4.69) is 9.97 Å². The molecule has 78 valence electrons.